The van der Waals surface area contributed by atoms with Gasteiger partial charge in [0.15, 0.2) is 5.11 Å². The number of nitrogens with zero attached hydrogens (tertiary/aromatic N) is 3. The Morgan fingerprint density at radius 3 is 2.51 bits per heavy atom. The Bertz CT molecular complexity index is 1580. The monoisotopic (exact) mass is 586 g/mol. The molecule has 2 fully saturated rings. The van der Waals surface area contributed by atoms with Crippen molar-refractivity contribution in [1.82, 2.24) is 10.3 Å². The first-order chi connectivity index (χ1) is 19.8. The molecular weight excluding hydrogens is 556 g/mol. The number of nitrogens with one attached hydrogen (secondary N) is 1. The van der Waals surface area contributed by atoms with Crippen LogP contribution in [0, 0.1) is 11.8 Å². The summed E-state index contributed by atoms with van der Waals surface area (Å²) >= 11 is 12.8. The van der Waals surface area contributed by atoms with E-state index in [0.29, 0.717) is 39.1 Å². The molecule has 0 spiro atoms. The zero-order valence-corrected chi connectivity index (χ0v) is 24.4. The zero-order chi connectivity index (χ0) is 28.7. The fraction of sp³-hybridized carbons (Fsp3) is 0.281. The number of rotatable bonds is 6. The van der Waals surface area contributed by atoms with Crippen molar-refractivity contribution in [2.75, 3.05) is 22.9 Å². The van der Waals surface area contributed by atoms with Crippen LogP contribution in [0.1, 0.15) is 54.2 Å². The molecule has 2 aliphatic heterocycles. The summed E-state index contributed by atoms with van der Waals surface area (Å²) < 4.78 is 6.40. The van der Waals surface area contributed by atoms with Gasteiger partial charge in [-0.1, -0.05) is 49.7 Å². The van der Waals surface area contributed by atoms with E-state index in [-0.39, 0.29) is 17.6 Å². The lowest BCUT2D eigenvalue weighted by molar-refractivity contribution is 0.0697. The van der Waals surface area contributed by atoms with E-state index < -0.39 is 5.97 Å². The summed E-state index contributed by atoms with van der Waals surface area (Å²) in [6.45, 7) is 6.52. The Morgan fingerprint density at radius 2 is 1.80 bits per heavy atom. The smallest absolute Gasteiger partial charge is 0.336 e. The van der Waals surface area contributed by atoms with Crippen molar-refractivity contribution in [1.29, 1.82) is 0 Å². The van der Waals surface area contributed by atoms with Crippen molar-refractivity contribution in [2.24, 2.45) is 11.8 Å². The maximum absolute atomic E-state index is 11.9. The second-order valence-electron chi connectivity index (χ2n) is 11.0. The van der Waals surface area contributed by atoms with Crippen molar-refractivity contribution in [3.63, 3.8) is 0 Å². The summed E-state index contributed by atoms with van der Waals surface area (Å²) in [6.07, 6.45) is 2.97. The van der Waals surface area contributed by atoms with E-state index in [1.54, 1.807) is 36.5 Å². The van der Waals surface area contributed by atoms with Crippen LogP contribution in [0.4, 0.5) is 11.4 Å². The Hall–Kier alpha value is -3.88. The number of halogens is 1. The van der Waals surface area contributed by atoms with Crippen LogP contribution in [0.15, 0.2) is 83.4 Å². The molecule has 7 nitrogen and oxygen atoms in total. The van der Waals surface area contributed by atoms with Crippen LogP contribution in [0.25, 0.3) is 11.3 Å². The lowest BCUT2D eigenvalue weighted by Gasteiger charge is -2.37. The zero-order valence-electron chi connectivity index (χ0n) is 22.8. The lowest BCUT2D eigenvalue weighted by atomic mass is 9.91. The van der Waals surface area contributed by atoms with E-state index in [1.165, 1.54) is 6.42 Å². The maximum atomic E-state index is 11.9. The molecule has 0 saturated carbocycles. The molecule has 210 valence electrons. The highest BCUT2D eigenvalue weighted by Crippen LogP contribution is 2.45. The van der Waals surface area contributed by atoms with E-state index in [0.717, 1.165) is 30.2 Å². The van der Waals surface area contributed by atoms with Gasteiger partial charge in [-0.25, -0.2) is 4.79 Å². The fourth-order valence-electron chi connectivity index (χ4n) is 6.22. The number of carbonyl (C=O) groups is 1. The summed E-state index contributed by atoms with van der Waals surface area (Å²) in [5.74, 6) is 1.29. The topological polar surface area (TPSA) is 81.8 Å². The largest absolute Gasteiger partial charge is 0.478 e. The highest BCUT2D eigenvalue weighted by molar-refractivity contribution is 7.80. The van der Waals surface area contributed by atoms with Crippen LogP contribution in [0.5, 0.6) is 0 Å². The van der Waals surface area contributed by atoms with Crippen LogP contribution >= 0.6 is 23.8 Å². The summed E-state index contributed by atoms with van der Waals surface area (Å²) in [5.41, 5.74) is 3.36. The van der Waals surface area contributed by atoms with Gasteiger partial charge in [0.05, 0.1) is 28.0 Å². The molecule has 4 heterocycles. The van der Waals surface area contributed by atoms with Crippen molar-refractivity contribution in [3.05, 3.63) is 101 Å². The quantitative estimate of drug-likeness (QED) is 0.227. The summed E-state index contributed by atoms with van der Waals surface area (Å²) in [7, 11) is 0. The molecule has 0 bridgehead atoms. The normalized spacial score (nSPS) is 22.6. The number of aromatic nitrogens is 1. The number of anilines is 2. The first kappa shape index (κ1) is 27.3. The second kappa shape index (κ2) is 11.2. The predicted molar refractivity (Wildman–Crippen MR) is 166 cm³/mol. The number of hydrogen-bond donors (Lipinski definition) is 2. The molecular formula is C32H31ClN4O3S. The van der Waals surface area contributed by atoms with E-state index in [4.69, 9.17) is 28.2 Å². The number of aromatic carboxylic acids is 1. The average molecular weight is 587 g/mol. The van der Waals surface area contributed by atoms with E-state index in [1.807, 2.05) is 35.2 Å². The van der Waals surface area contributed by atoms with Gasteiger partial charge in [0.1, 0.15) is 17.6 Å². The van der Waals surface area contributed by atoms with Gasteiger partial charge < -0.3 is 24.6 Å². The van der Waals surface area contributed by atoms with E-state index >= 15 is 0 Å². The van der Waals surface area contributed by atoms with Gasteiger partial charge >= 0.3 is 5.97 Å². The molecule has 2 aromatic heterocycles. The van der Waals surface area contributed by atoms with Gasteiger partial charge in [-0.05, 0) is 79.0 Å². The number of piperidine rings is 1. The standard InChI is InChI=1S/C32H31ClN4O3S/c1-19-15-20(2)18-36(17-19)26-11-10-21(16-24(26)33)37-30(29(35-32(37)41)25-9-5-6-14-34-25)28-13-12-27(40-28)22-7-3-4-8-23(22)31(38)39/h3-14,16,19-20,29-30H,15,17-18H2,1-2H3,(H,35,41)(H,38,39)/t19-,20+,29-,30-/m0/s1. The average Bonchev–Trinajstić information content (AvgIpc) is 3.57. The number of carboxylic acid groups (broad SMARTS) is 1. The fourth-order valence-corrected chi connectivity index (χ4v) is 6.86. The third-order valence-corrected chi connectivity index (χ3v) is 8.48. The van der Waals surface area contributed by atoms with Crippen LogP contribution in [-0.2, 0) is 0 Å². The molecule has 0 radical (unpaired) electrons. The molecule has 0 aliphatic carbocycles. The number of benzene rings is 2. The molecule has 2 N–H and O–H groups in total. The van der Waals surface area contributed by atoms with Crippen LogP contribution in [-0.4, -0.2) is 34.3 Å². The predicted octanol–water partition coefficient (Wildman–Crippen LogP) is 7.35. The molecule has 6 rings (SSSR count). The van der Waals surface area contributed by atoms with Crippen molar-refractivity contribution >= 4 is 46.3 Å². The Morgan fingerprint density at radius 1 is 1.05 bits per heavy atom. The molecule has 2 aliphatic rings. The molecule has 0 unspecified atom stereocenters. The number of pyridine rings is 1. The Kier molecular flexibility index (Phi) is 7.45. The minimum atomic E-state index is -1.01. The molecule has 4 aromatic rings. The highest BCUT2D eigenvalue weighted by Gasteiger charge is 2.43. The van der Waals surface area contributed by atoms with Crippen LogP contribution in [0.3, 0.4) is 0 Å². The van der Waals surface area contributed by atoms with Gasteiger partial charge in [-0.2, -0.15) is 0 Å². The van der Waals surface area contributed by atoms with E-state index in [9.17, 15) is 9.90 Å². The van der Waals surface area contributed by atoms with Gasteiger partial charge in [0, 0.05) is 30.5 Å². The Balaban J connectivity index is 1.40. The maximum Gasteiger partial charge on any atom is 0.336 e. The number of thiocarbonyl (C=S) groups is 1. The molecule has 0 amide bonds. The molecule has 2 saturated heterocycles. The molecule has 41 heavy (non-hydrogen) atoms. The van der Waals surface area contributed by atoms with Crippen molar-refractivity contribution in [3.8, 4) is 11.3 Å². The van der Waals surface area contributed by atoms with Gasteiger partial charge in [-0.15, -0.1) is 0 Å². The summed E-state index contributed by atoms with van der Waals surface area (Å²) in [4.78, 5) is 20.9. The van der Waals surface area contributed by atoms with E-state index in [2.05, 4.69) is 41.2 Å². The first-order valence-corrected chi connectivity index (χ1v) is 14.6. The SMILES string of the molecule is C[C@@H]1C[C@H](C)CN(c2ccc(N3C(=S)N[C@@H](c4ccccn4)[C@@H]3c3ccc(-c4ccccc4C(=O)O)o3)cc2Cl)C1. The van der Waals surface area contributed by atoms with Crippen molar-refractivity contribution < 1.29 is 14.3 Å². The third kappa shape index (κ3) is 5.29. The lowest BCUT2D eigenvalue weighted by Crippen LogP contribution is -2.38. The molecule has 4 atom stereocenters. The Labute approximate surface area is 249 Å². The number of hydrogen-bond acceptors (Lipinski definition) is 5. The first-order valence-electron chi connectivity index (χ1n) is 13.8. The minimum Gasteiger partial charge on any atom is -0.478 e. The van der Waals surface area contributed by atoms with Gasteiger partial charge in [0.25, 0.3) is 0 Å². The highest BCUT2D eigenvalue weighted by atomic mass is 35.5. The summed E-state index contributed by atoms with van der Waals surface area (Å²) in [6, 6.07) is 21.7. The molecule has 9 heteroatoms. The number of furan rings is 1. The minimum absolute atomic E-state index is 0.176. The van der Waals surface area contributed by atoms with Gasteiger partial charge in [0.2, 0.25) is 0 Å². The number of carboxylic acids is 1. The second-order valence-corrected chi connectivity index (χ2v) is 11.8. The molecule has 2 aromatic carbocycles. The third-order valence-electron chi connectivity index (χ3n) is 7.86. The van der Waals surface area contributed by atoms with Gasteiger partial charge in [-0.3, -0.25) is 4.98 Å². The summed E-state index contributed by atoms with van der Waals surface area (Å²) in [5, 5.41) is 14.4. The van der Waals surface area contributed by atoms with Crippen molar-refractivity contribution in [2.45, 2.75) is 32.4 Å². The van der Waals surface area contributed by atoms with Crippen LogP contribution < -0.4 is 15.1 Å². The van der Waals surface area contributed by atoms with Crippen LogP contribution in [0.2, 0.25) is 5.02 Å².